The average molecular weight is 173 g/mol. The second kappa shape index (κ2) is 3.33. The van der Waals surface area contributed by atoms with Crippen LogP contribution in [0.1, 0.15) is 40.5 Å². The Labute approximate surface area is 74.9 Å². The van der Waals surface area contributed by atoms with Gasteiger partial charge in [-0.15, -0.1) is 0 Å². The highest BCUT2D eigenvalue weighted by Crippen LogP contribution is 2.29. The summed E-state index contributed by atoms with van der Waals surface area (Å²) >= 11 is 0. The lowest BCUT2D eigenvalue weighted by molar-refractivity contribution is -0.0354. The molecule has 2 atom stereocenters. The van der Waals surface area contributed by atoms with Crippen molar-refractivity contribution in [3.05, 3.63) is 0 Å². The number of halogens is 1. The van der Waals surface area contributed by atoms with Crippen LogP contribution in [0.4, 0.5) is 4.39 Å². The van der Waals surface area contributed by atoms with Crippen LogP contribution in [0.25, 0.3) is 0 Å². The maximum atomic E-state index is 13.5. The minimum absolute atomic E-state index is 0.0143. The molecule has 0 aliphatic carbocycles. The van der Waals surface area contributed by atoms with Crippen molar-refractivity contribution in [3.8, 4) is 0 Å². The van der Waals surface area contributed by atoms with Crippen molar-refractivity contribution in [2.75, 3.05) is 6.54 Å². The lowest BCUT2D eigenvalue weighted by atomic mass is 9.94. The predicted octanol–water partition coefficient (Wildman–Crippen LogP) is 2.81. The summed E-state index contributed by atoms with van der Waals surface area (Å²) in [5.41, 5.74) is -0.0143. The number of rotatable bonds is 0. The number of nitrogens with zero attached hydrogens (tertiary/aromatic N) is 1. The van der Waals surface area contributed by atoms with Crippen molar-refractivity contribution in [1.82, 2.24) is 4.90 Å². The minimum Gasteiger partial charge on any atom is -0.269 e. The van der Waals surface area contributed by atoms with E-state index in [1.54, 1.807) is 0 Å². The van der Waals surface area contributed by atoms with Gasteiger partial charge in [0, 0.05) is 12.1 Å². The number of hydrogen-bond acceptors (Lipinski definition) is 1. The fourth-order valence-electron chi connectivity index (χ4n) is 1.83. The third kappa shape index (κ3) is 2.19. The smallest absolute Gasteiger partial charge is 0.154 e. The van der Waals surface area contributed by atoms with Crippen LogP contribution in [-0.2, 0) is 0 Å². The van der Waals surface area contributed by atoms with Gasteiger partial charge in [-0.2, -0.15) is 0 Å². The summed E-state index contributed by atoms with van der Waals surface area (Å²) in [5.74, 6) is 0.554. The monoisotopic (exact) mass is 173 g/mol. The molecular weight excluding hydrogens is 153 g/mol. The molecule has 1 nitrogen and oxygen atoms in total. The molecule has 1 fully saturated rings. The second-order valence-corrected chi connectivity index (χ2v) is 4.93. The topological polar surface area (TPSA) is 3.24 Å². The lowest BCUT2D eigenvalue weighted by Crippen LogP contribution is -2.50. The number of piperidine rings is 1. The van der Waals surface area contributed by atoms with Crippen molar-refractivity contribution in [1.29, 1.82) is 0 Å². The van der Waals surface area contributed by atoms with Gasteiger partial charge in [-0.05, 0) is 39.5 Å². The molecule has 72 valence electrons. The van der Waals surface area contributed by atoms with E-state index in [9.17, 15) is 4.39 Å². The van der Waals surface area contributed by atoms with Crippen molar-refractivity contribution in [3.63, 3.8) is 0 Å². The van der Waals surface area contributed by atoms with Gasteiger partial charge in [0.15, 0.2) is 6.30 Å². The van der Waals surface area contributed by atoms with Crippen LogP contribution in [0.2, 0.25) is 0 Å². The molecule has 0 aromatic rings. The molecule has 2 unspecified atom stereocenters. The van der Waals surface area contributed by atoms with Crippen LogP contribution in [0.5, 0.6) is 0 Å². The summed E-state index contributed by atoms with van der Waals surface area (Å²) in [4.78, 5) is 1.97. The highest BCUT2D eigenvalue weighted by Gasteiger charge is 2.33. The third-order valence-electron chi connectivity index (χ3n) is 2.66. The zero-order valence-electron chi connectivity index (χ0n) is 8.60. The fraction of sp³-hybridized carbons (Fsp3) is 1.00. The Balaban J connectivity index is 2.57. The maximum absolute atomic E-state index is 13.5. The largest absolute Gasteiger partial charge is 0.269 e. The molecule has 0 bridgehead atoms. The van der Waals surface area contributed by atoms with Crippen molar-refractivity contribution in [2.45, 2.75) is 52.4 Å². The van der Waals surface area contributed by atoms with Crippen LogP contribution in [0, 0.1) is 5.92 Å². The van der Waals surface area contributed by atoms with Gasteiger partial charge < -0.3 is 0 Å². The summed E-state index contributed by atoms with van der Waals surface area (Å²) in [6.45, 7) is 9.28. The van der Waals surface area contributed by atoms with E-state index in [2.05, 4.69) is 27.7 Å². The van der Waals surface area contributed by atoms with Gasteiger partial charge in [0.2, 0.25) is 0 Å². The van der Waals surface area contributed by atoms with E-state index in [1.807, 2.05) is 4.90 Å². The molecular formula is C10H20FN. The first kappa shape index (κ1) is 9.97. The first-order chi connectivity index (χ1) is 5.41. The van der Waals surface area contributed by atoms with Gasteiger partial charge in [-0.3, -0.25) is 4.90 Å². The Bertz CT molecular complexity index is 150. The van der Waals surface area contributed by atoms with Gasteiger partial charge in [-0.25, -0.2) is 4.39 Å². The first-order valence-electron chi connectivity index (χ1n) is 4.82. The van der Waals surface area contributed by atoms with Crippen molar-refractivity contribution < 1.29 is 4.39 Å². The van der Waals surface area contributed by atoms with Crippen molar-refractivity contribution >= 4 is 0 Å². The van der Waals surface area contributed by atoms with Gasteiger partial charge in [0.05, 0.1) is 0 Å². The molecule has 12 heavy (non-hydrogen) atoms. The third-order valence-corrected chi connectivity index (χ3v) is 2.66. The molecule has 1 aliphatic rings. The quantitative estimate of drug-likeness (QED) is 0.509. The molecule has 0 saturated carbocycles. The van der Waals surface area contributed by atoms with E-state index in [0.717, 1.165) is 13.0 Å². The zero-order chi connectivity index (χ0) is 9.35. The van der Waals surface area contributed by atoms with Gasteiger partial charge in [-0.1, -0.05) is 6.92 Å². The molecule has 1 heterocycles. The van der Waals surface area contributed by atoms with E-state index in [-0.39, 0.29) is 5.54 Å². The molecule has 1 rings (SSSR count). The summed E-state index contributed by atoms with van der Waals surface area (Å²) in [7, 11) is 0. The molecule has 0 aromatic heterocycles. The van der Waals surface area contributed by atoms with Gasteiger partial charge in [0.1, 0.15) is 0 Å². The lowest BCUT2D eigenvalue weighted by Gasteiger charge is -2.42. The minimum atomic E-state index is -0.728. The SMILES string of the molecule is CC1CCN(C(C)(C)C)C(F)C1. The Morgan fingerprint density at radius 1 is 1.33 bits per heavy atom. The first-order valence-corrected chi connectivity index (χ1v) is 4.82. The molecule has 2 heteroatoms. The van der Waals surface area contributed by atoms with Crippen molar-refractivity contribution in [2.24, 2.45) is 5.92 Å². The van der Waals surface area contributed by atoms with Crippen LogP contribution >= 0.6 is 0 Å². The van der Waals surface area contributed by atoms with E-state index in [1.165, 1.54) is 0 Å². The molecule has 0 spiro atoms. The molecule has 1 aliphatic heterocycles. The molecule has 0 aromatic carbocycles. The van der Waals surface area contributed by atoms with Crippen LogP contribution in [0.15, 0.2) is 0 Å². The van der Waals surface area contributed by atoms with Gasteiger partial charge in [0.25, 0.3) is 0 Å². The number of likely N-dealkylation sites (tertiary alicyclic amines) is 1. The fourth-order valence-corrected chi connectivity index (χ4v) is 1.83. The maximum Gasteiger partial charge on any atom is 0.154 e. The summed E-state index contributed by atoms with van der Waals surface area (Å²) < 4.78 is 13.5. The van der Waals surface area contributed by atoms with Crippen LogP contribution in [-0.4, -0.2) is 23.3 Å². The van der Waals surface area contributed by atoms with Crippen LogP contribution < -0.4 is 0 Å². The normalized spacial score (nSPS) is 33.8. The zero-order valence-corrected chi connectivity index (χ0v) is 8.60. The Morgan fingerprint density at radius 3 is 2.33 bits per heavy atom. The highest BCUT2D eigenvalue weighted by atomic mass is 19.1. The Hall–Kier alpha value is -0.110. The Morgan fingerprint density at radius 2 is 1.92 bits per heavy atom. The Kier molecular flexibility index (Phi) is 2.77. The van der Waals surface area contributed by atoms with E-state index >= 15 is 0 Å². The summed E-state index contributed by atoms with van der Waals surface area (Å²) in [6.07, 6.45) is 1.11. The number of hydrogen-bond donors (Lipinski definition) is 0. The molecule has 0 radical (unpaired) electrons. The molecule has 1 saturated heterocycles. The summed E-state index contributed by atoms with van der Waals surface area (Å²) in [5, 5.41) is 0. The van der Waals surface area contributed by atoms with E-state index < -0.39 is 6.30 Å². The number of alkyl halides is 1. The van der Waals surface area contributed by atoms with Gasteiger partial charge >= 0.3 is 0 Å². The molecule has 0 amide bonds. The van der Waals surface area contributed by atoms with E-state index in [4.69, 9.17) is 0 Å². The molecule has 0 N–H and O–H groups in total. The predicted molar refractivity (Wildman–Crippen MR) is 49.8 cm³/mol. The standard InChI is InChI=1S/C10H20FN/c1-8-5-6-12(9(11)7-8)10(2,3)4/h8-9H,5-7H2,1-4H3. The second-order valence-electron chi connectivity index (χ2n) is 4.93. The summed E-state index contributed by atoms with van der Waals surface area (Å²) in [6, 6.07) is 0. The van der Waals surface area contributed by atoms with E-state index in [0.29, 0.717) is 12.3 Å². The average Bonchev–Trinajstić information content (AvgIpc) is 1.83. The highest BCUT2D eigenvalue weighted by molar-refractivity contribution is 4.83. The van der Waals surface area contributed by atoms with Crippen LogP contribution in [0.3, 0.4) is 0 Å².